The van der Waals surface area contributed by atoms with Crippen LogP contribution in [0.1, 0.15) is 30.4 Å². The number of benzene rings is 2. The summed E-state index contributed by atoms with van der Waals surface area (Å²) in [5, 5.41) is 0. The number of esters is 1. The number of hydrogen-bond acceptors (Lipinski definition) is 4. The highest BCUT2D eigenvalue weighted by atomic mass is 16.6. The molecular weight excluding hydrogens is 326 g/mol. The Labute approximate surface area is 155 Å². The summed E-state index contributed by atoms with van der Waals surface area (Å²) in [4.78, 5) is 15.6. The molecule has 3 rings (SSSR count). The highest BCUT2D eigenvalue weighted by Crippen LogP contribution is 2.34. The van der Waals surface area contributed by atoms with E-state index in [1.165, 1.54) is 12.8 Å². The molecule has 0 spiro atoms. The lowest BCUT2D eigenvalue weighted by atomic mass is 9.86. The number of carbonyl (C=O) groups excluding carboxylic acids is 1. The first-order valence-electron chi connectivity index (χ1n) is 9.33. The summed E-state index contributed by atoms with van der Waals surface area (Å²) in [5.74, 6) is -0.362. The van der Waals surface area contributed by atoms with E-state index < -0.39 is 5.60 Å². The average Bonchev–Trinajstić information content (AvgIpc) is 3.22. The van der Waals surface area contributed by atoms with Gasteiger partial charge in [0.15, 0.2) is 0 Å². The topological polar surface area (TPSA) is 38.8 Å². The van der Waals surface area contributed by atoms with Gasteiger partial charge < -0.3 is 14.4 Å². The molecule has 0 saturated carbocycles. The molecule has 2 aromatic carbocycles. The molecule has 1 heterocycles. The lowest BCUT2D eigenvalue weighted by molar-refractivity contribution is -0.165. The van der Waals surface area contributed by atoms with E-state index in [4.69, 9.17) is 9.47 Å². The van der Waals surface area contributed by atoms with Crippen molar-refractivity contribution in [2.45, 2.75) is 24.9 Å². The van der Waals surface area contributed by atoms with Crippen LogP contribution in [0.5, 0.6) is 0 Å². The van der Waals surface area contributed by atoms with Gasteiger partial charge in [0, 0.05) is 13.7 Å². The normalized spacial score (nSPS) is 15.1. The highest BCUT2D eigenvalue weighted by Gasteiger charge is 2.44. The van der Waals surface area contributed by atoms with Crippen molar-refractivity contribution in [3.63, 3.8) is 0 Å². The molecule has 26 heavy (non-hydrogen) atoms. The van der Waals surface area contributed by atoms with E-state index in [1.54, 1.807) is 7.11 Å². The SMILES string of the molecule is COC(C(=O)OCCCN1CCCC1)(c1ccccc1)c1ccccc1. The van der Waals surface area contributed by atoms with E-state index in [0.29, 0.717) is 6.61 Å². The van der Waals surface area contributed by atoms with Gasteiger partial charge in [0.25, 0.3) is 0 Å². The maximum Gasteiger partial charge on any atom is 0.347 e. The molecule has 1 fully saturated rings. The van der Waals surface area contributed by atoms with Gasteiger partial charge in [-0.25, -0.2) is 4.79 Å². The van der Waals surface area contributed by atoms with Crippen LogP contribution in [0.15, 0.2) is 60.7 Å². The molecule has 4 heteroatoms. The quantitative estimate of drug-likeness (QED) is 0.537. The van der Waals surface area contributed by atoms with Crippen LogP contribution >= 0.6 is 0 Å². The Morgan fingerprint density at radius 1 is 0.962 bits per heavy atom. The number of likely N-dealkylation sites (tertiary alicyclic amines) is 1. The highest BCUT2D eigenvalue weighted by molar-refractivity contribution is 5.85. The van der Waals surface area contributed by atoms with Crippen LogP contribution < -0.4 is 0 Å². The molecule has 1 saturated heterocycles. The summed E-state index contributed by atoms with van der Waals surface area (Å²) in [6.45, 7) is 3.69. The van der Waals surface area contributed by atoms with Gasteiger partial charge in [-0.1, -0.05) is 60.7 Å². The van der Waals surface area contributed by atoms with Gasteiger partial charge in [0.2, 0.25) is 5.60 Å². The van der Waals surface area contributed by atoms with Gasteiger partial charge in [-0.05, 0) is 43.5 Å². The summed E-state index contributed by atoms with van der Waals surface area (Å²) >= 11 is 0. The minimum Gasteiger partial charge on any atom is -0.463 e. The van der Waals surface area contributed by atoms with Gasteiger partial charge in [0.1, 0.15) is 0 Å². The van der Waals surface area contributed by atoms with Crippen LogP contribution in [0.2, 0.25) is 0 Å². The van der Waals surface area contributed by atoms with Crippen LogP contribution in [0.25, 0.3) is 0 Å². The van der Waals surface area contributed by atoms with Crippen molar-refractivity contribution in [1.29, 1.82) is 0 Å². The van der Waals surface area contributed by atoms with E-state index in [9.17, 15) is 4.79 Å². The third-order valence-corrected chi connectivity index (χ3v) is 5.00. The van der Waals surface area contributed by atoms with Gasteiger partial charge in [0.05, 0.1) is 6.61 Å². The molecule has 1 aliphatic heterocycles. The first kappa shape index (κ1) is 18.6. The Kier molecular flexibility index (Phi) is 6.42. The molecular formula is C22H27NO3. The monoisotopic (exact) mass is 353 g/mol. The Hall–Kier alpha value is -2.17. The molecule has 0 atom stereocenters. The molecule has 0 radical (unpaired) electrons. The lowest BCUT2D eigenvalue weighted by Gasteiger charge is -2.31. The maximum absolute atomic E-state index is 13.1. The molecule has 2 aromatic rings. The zero-order valence-corrected chi connectivity index (χ0v) is 15.4. The zero-order chi connectivity index (χ0) is 18.2. The third kappa shape index (κ3) is 3.97. The Balaban J connectivity index is 1.75. The third-order valence-electron chi connectivity index (χ3n) is 5.00. The number of rotatable bonds is 8. The van der Waals surface area contributed by atoms with Gasteiger partial charge in [-0.15, -0.1) is 0 Å². The second-order valence-electron chi connectivity index (χ2n) is 6.66. The summed E-state index contributed by atoms with van der Waals surface area (Å²) in [7, 11) is 1.56. The van der Waals surface area contributed by atoms with Crippen molar-refractivity contribution in [1.82, 2.24) is 4.90 Å². The minimum absolute atomic E-state index is 0.362. The number of ether oxygens (including phenoxy) is 2. The zero-order valence-electron chi connectivity index (χ0n) is 15.4. The van der Waals surface area contributed by atoms with Gasteiger partial charge in [-0.3, -0.25) is 0 Å². The number of nitrogens with zero attached hydrogens (tertiary/aromatic N) is 1. The van der Waals surface area contributed by atoms with Gasteiger partial charge >= 0.3 is 5.97 Å². The lowest BCUT2D eigenvalue weighted by Crippen LogP contribution is -2.41. The number of methoxy groups -OCH3 is 1. The molecule has 138 valence electrons. The second-order valence-corrected chi connectivity index (χ2v) is 6.66. The maximum atomic E-state index is 13.1. The van der Waals surface area contributed by atoms with Crippen molar-refractivity contribution >= 4 is 5.97 Å². The average molecular weight is 353 g/mol. The fourth-order valence-electron chi connectivity index (χ4n) is 3.63. The molecule has 0 unspecified atom stereocenters. The van der Waals surface area contributed by atoms with E-state index in [1.807, 2.05) is 60.7 Å². The van der Waals surface area contributed by atoms with Crippen LogP contribution in [-0.2, 0) is 19.9 Å². The fourth-order valence-corrected chi connectivity index (χ4v) is 3.63. The molecule has 0 amide bonds. The molecule has 0 aromatic heterocycles. The Morgan fingerprint density at radius 3 is 2.00 bits per heavy atom. The predicted molar refractivity (Wildman–Crippen MR) is 102 cm³/mol. The number of hydrogen-bond donors (Lipinski definition) is 0. The molecule has 1 aliphatic rings. The fraction of sp³-hybridized carbons (Fsp3) is 0.409. The van der Waals surface area contributed by atoms with Gasteiger partial charge in [-0.2, -0.15) is 0 Å². The van der Waals surface area contributed by atoms with Crippen LogP contribution in [0, 0.1) is 0 Å². The molecule has 4 nitrogen and oxygen atoms in total. The molecule has 0 aliphatic carbocycles. The van der Waals surface area contributed by atoms with E-state index in [2.05, 4.69) is 4.90 Å². The van der Waals surface area contributed by atoms with E-state index in [0.717, 1.165) is 37.2 Å². The van der Waals surface area contributed by atoms with Crippen LogP contribution in [0.4, 0.5) is 0 Å². The van der Waals surface area contributed by atoms with E-state index in [-0.39, 0.29) is 5.97 Å². The second kappa shape index (κ2) is 8.97. The minimum atomic E-state index is -1.24. The standard InChI is InChI=1S/C22H27NO3/c1-25-22(19-11-4-2-5-12-19,20-13-6-3-7-14-20)21(24)26-18-10-17-23-15-8-9-16-23/h2-7,11-14H,8-10,15-18H2,1H3. The summed E-state index contributed by atoms with van der Waals surface area (Å²) in [5.41, 5.74) is 0.312. The van der Waals surface area contributed by atoms with Crippen LogP contribution in [0.3, 0.4) is 0 Å². The smallest absolute Gasteiger partial charge is 0.347 e. The summed E-state index contributed by atoms with van der Waals surface area (Å²) in [6, 6.07) is 19.1. The van der Waals surface area contributed by atoms with Crippen molar-refractivity contribution in [3.8, 4) is 0 Å². The van der Waals surface area contributed by atoms with Crippen molar-refractivity contribution < 1.29 is 14.3 Å². The largest absolute Gasteiger partial charge is 0.463 e. The van der Waals surface area contributed by atoms with Crippen molar-refractivity contribution in [2.24, 2.45) is 0 Å². The predicted octanol–water partition coefficient (Wildman–Crippen LogP) is 3.61. The van der Waals surface area contributed by atoms with Crippen molar-refractivity contribution in [3.05, 3.63) is 71.8 Å². The van der Waals surface area contributed by atoms with E-state index >= 15 is 0 Å². The van der Waals surface area contributed by atoms with Crippen molar-refractivity contribution in [2.75, 3.05) is 33.4 Å². The Morgan fingerprint density at radius 2 is 1.50 bits per heavy atom. The summed E-state index contributed by atoms with van der Waals surface area (Å²) in [6.07, 6.45) is 3.39. The molecule has 0 N–H and O–H groups in total. The van der Waals surface area contributed by atoms with Crippen LogP contribution in [-0.4, -0.2) is 44.2 Å². The number of carbonyl (C=O) groups is 1. The molecule has 0 bridgehead atoms. The first-order chi connectivity index (χ1) is 12.8. The Bertz CT molecular complexity index is 642. The first-order valence-corrected chi connectivity index (χ1v) is 9.33. The summed E-state index contributed by atoms with van der Waals surface area (Å²) < 4.78 is 11.5.